The van der Waals surface area contributed by atoms with Crippen LogP contribution in [0.3, 0.4) is 0 Å². The molecule has 0 spiro atoms. The maximum Gasteiger partial charge on any atom is 0.281 e. The van der Waals surface area contributed by atoms with E-state index >= 15 is 0 Å². The molecule has 0 aliphatic carbocycles. The van der Waals surface area contributed by atoms with Gasteiger partial charge in [0.05, 0.1) is 5.69 Å². The number of fused-ring (bicyclic) bond motifs is 2. The van der Waals surface area contributed by atoms with Crippen molar-refractivity contribution in [2.75, 3.05) is 11.4 Å². The molecule has 6 heteroatoms. The molecule has 130 valence electrons. The molecule has 3 aromatic rings. The topological polar surface area (TPSA) is 56.0 Å². The van der Waals surface area contributed by atoms with Crippen LogP contribution in [-0.4, -0.2) is 25.9 Å². The Morgan fingerprint density at radius 1 is 1.16 bits per heavy atom. The quantitative estimate of drug-likeness (QED) is 0.721. The first-order valence-electron chi connectivity index (χ1n) is 8.75. The Balaban J connectivity index is 1.91. The lowest BCUT2D eigenvalue weighted by molar-refractivity contribution is 0.550. The number of aromatic nitrogens is 4. The fourth-order valence-corrected chi connectivity index (χ4v) is 3.73. The molecule has 0 unspecified atom stereocenters. The Bertz CT molecular complexity index is 1010. The van der Waals surface area contributed by atoms with Gasteiger partial charge in [-0.3, -0.25) is 14.0 Å². The molecule has 6 nitrogen and oxygen atoms in total. The first-order valence-corrected chi connectivity index (χ1v) is 8.75. The zero-order valence-electron chi connectivity index (χ0n) is 15.2. The Hall–Kier alpha value is -2.63. The van der Waals surface area contributed by atoms with Gasteiger partial charge in [-0.05, 0) is 38.3 Å². The lowest BCUT2D eigenvalue weighted by atomic mass is 10.0. The van der Waals surface area contributed by atoms with Crippen molar-refractivity contribution in [2.24, 2.45) is 7.05 Å². The van der Waals surface area contributed by atoms with E-state index in [1.807, 2.05) is 20.8 Å². The first-order chi connectivity index (χ1) is 12.0. The molecule has 0 bridgehead atoms. The average molecular weight is 337 g/mol. The lowest BCUT2D eigenvalue weighted by Crippen LogP contribution is -2.37. The Morgan fingerprint density at radius 3 is 2.60 bits per heavy atom. The minimum Gasteiger partial charge on any atom is -0.337 e. The van der Waals surface area contributed by atoms with E-state index < -0.39 is 0 Å². The molecular weight excluding hydrogens is 314 g/mol. The van der Waals surface area contributed by atoms with Crippen LogP contribution in [0.5, 0.6) is 0 Å². The third-order valence-electron chi connectivity index (χ3n) is 4.97. The highest BCUT2D eigenvalue weighted by Gasteiger charge is 2.24. The van der Waals surface area contributed by atoms with Gasteiger partial charge in [0.15, 0.2) is 5.52 Å². The third-order valence-corrected chi connectivity index (χ3v) is 4.97. The molecule has 0 fully saturated rings. The second-order valence-electron chi connectivity index (χ2n) is 7.03. The van der Waals surface area contributed by atoms with Gasteiger partial charge in [0.1, 0.15) is 5.52 Å². The molecule has 0 radical (unpaired) electrons. The van der Waals surface area contributed by atoms with E-state index in [1.165, 1.54) is 11.1 Å². The summed E-state index contributed by atoms with van der Waals surface area (Å²) in [5, 5.41) is 4.40. The van der Waals surface area contributed by atoms with Gasteiger partial charge in [0, 0.05) is 26.2 Å². The van der Waals surface area contributed by atoms with Gasteiger partial charge in [-0.2, -0.15) is 5.10 Å². The van der Waals surface area contributed by atoms with Crippen molar-refractivity contribution in [3.8, 4) is 0 Å². The molecule has 4 rings (SSSR count). The monoisotopic (exact) mass is 337 g/mol. The molecule has 1 aliphatic heterocycles. The van der Waals surface area contributed by atoms with Crippen molar-refractivity contribution in [3.05, 3.63) is 51.4 Å². The van der Waals surface area contributed by atoms with Crippen LogP contribution < -0.4 is 10.5 Å². The summed E-state index contributed by atoms with van der Waals surface area (Å²) in [6, 6.07) is 8.53. The zero-order chi connectivity index (χ0) is 17.7. The summed E-state index contributed by atoms with van der Waals surface area (Å²) in [6.07, 6.45) is 0.966. The van der Waals surface area contributed by atoms with Crippen molar-refractivity contribution < 1.29 is 0 Å². The van der Waals surface area contributed by atoms with Crippen LogP contribution in [0, 0.1) is 6.92 Å². The Morgan fingerprint density at radius 2 is 1.88 bits per heavy atom. The van der Waals surface area contributed by atoms with Gasteiger partial charge in [-0.1, -0.05) is 24.3 Å². The lowest BCUT2D eigenvalue weighted by Gasteiger charge is -2.32. The van der Waals surface area contributed by atoms with Gasteiger partial charge < -0.3 is 4.90 Å². The summed E-state index contributed by atoms with van der Waals surface area (Å²) in [7, 11) is 1.81. The summed E-state index contributed by atoms with van der Waals surface area (Å²) in [5.41, 5.74) is 4.75. The van der Waals surface area contributed by atoms with E-state index in [4.69, 9.17) is 4.98 Å². The maximum absolute atomic E-state index is 13.1. The zero-order valence-corrected chi connectivity index (χ0v) is 15.2. The smallest absolute Gasteiger partial charge is 0.281 e. The summed E-state index contributed by atoms with van der Waals surface area (Å²) in [4.78, 5) is 20.2. The predicted molar refractivity (Wildman–Crippen MR) is 99.1 cm³/mol. The summed E-state index contributed by atoms with van der Waals surface area (Å²) < 4.78 is 3.45. The van der Waals surface area contributed by atoms with E-state index in [2.05, 4.69) is 34.3 Å². The van der Waals surface area contributed by atoms with E-state index in [9.17, 15) is 4.79 Å². The van der Waals surface area contributed by atoms with Gasteiger partial charge >= 0.3 is 0 Å². The minimum absolute atomic E-state index is 0.0167. The third kappa shape index (κ3) is 2.44. The molecule has 3 heterocycles. The van der Waals surface area contributed by atoms with E-state index in [-0.39, 0.29) is 11.6 Å². The van der Waals surface area contributed by atoms with Crippen molar-refractivity contribution >= 4 is 17.0 Å². The Kier molecular flexibility index (Phi) is 3.63. The normalized spacial score (nSPS) is 14.4. The highest BCUT2D eigenvalue weighted by molar-refractivity contribution is 5.78. The number of hydrogen-bond acceptors (Lipinski definition) is 4. The van der Waals surface area contributed by atoms with Crippen LogP contribution in [0.1, 0.15) is 36.7 Å². The van der Waals surface area contributed by atoms with Gasteiger partial charge in [-0.15, -0.1) is 0 Å². The van der Waals surface area contributed by atoms with Gasteiger partial charge in [-0.25, -0.2) is 4.98 Å². The molecule has 2 aromatic heterocycles. The number of anilines is 1. The number of nitrogens with zero attached hydrogens (tertiary/aromatic N) is 5. The second-order valence-corrected chi connectivity index (χ2v) is 7.03. The minimum atomic E-state index is -0.0167. The van der Waals surface area contributed by atoms with E-state index in [1.54, 1.807) is 16.3 Å². The fourth-order valence-electron chi connectivity index (χ4n) is 3.73. The predicted octanol–water partition coefficient (Wildman–Crippen LogP) is 2.58. The summed E-state index contributed by atoms with van der Waals surface area (Å²) in [6.45, 7) is 7.60. The van der Waals surface area contributed by atoms with Gasteiger partial charge in [0.2, 0.25) is 5.95 Å². The molecule has 0 saturated carbocycles. The molecule has 0 atom stereocenters. The summed E-state index contributed by atoms with van der Waals surface area (Å²) in [5.74, 6) is 0.748. The standard InChI is InChI=1S/C19H23N5O/c1-12(2)24-18(25)17-16(13(3)21-22(17)4)20-19(24)23-10-9-14-7-5-6-8-15(14)11-23/h5-8,12H,9-11H2,1-4H3. The van der Waals surface area contributed by atoms with Crippen molar-refractivity contribution in [2.45, 2.75) is 39.8 Å². The highest BCUT2D eigenvalue weighted by Crippen LogP contribution is 2.26. The van der Waals surface area contributed by atoms with E-state index in [0.717, 1.165) is 31.2 Å². The number of rotatable bonds is 2. The second kappa shape index (κ2) is 5.72. The van der Waals surface area contributed by atoms with Crippen molar-refractivity contribution in [3.63, 3.8) is 0 Å². The van der Waals surface area contributed by atoms with Gasteiger partial charge in [0.25, 0.3) is 5.56 Å². The fraction of sp³-hybridized carbons (Fsp3) is 0.421. The van der Waals surface area contributed by atoms with Crippen LogP contribution >= 0.6 is 0 Å². The molecule has 0 N–H and O–H groups in total. The number of benzene rings is 1. The van der Waals surface area contributed by atoms with Crippen molar-refractivity contribution in [1.82, 2.24) is 19.3 Å². The van der Waals surface area contributed by atoms with Crippen molar-refractivity contribution in [1.29, 1.82) is 0 Å². The number of hydrogen-bond donors (Lipinski definition) is 0. The average Bonchev–Trinajstić information content (AvgIpc) is 2.88. The molecule has 0 amide bonds. The van der Waals surface area contributed by atoms with Crippen LogP contribution in [0.15, 0.2) is 29.1 Å². The van der Waals surface area contributed by atoms with Crippen LogP contribution in [0.2, 0.25) is 0 Å². The van der Waals surface area contributed by atoms with Crippen LogP contribution in [0.25, 0.3) is 11.0 Å². The van der Waals surface area contributed by atoms with E-state index in [0.29, 0.717) is 11.0 Å². The largest absolute Gasteiger partial charge is 0.337 e. The first kappa shape index (κ1) is 15.9. The Labute approximate surface area is 146 Å². The molecular formula is C19H23N5O. The maximum atomic E-state index is 13.1. The SMILES string of the molecule is Cc1nn(C)c2c(=O)n(C(C)C)c(N3CCc4ccccc4C3)nc12. The molecule has 0 saturated heterocycles. The highest BCUT2D eigenvalue weighted by atomic mass is 16.1. The van der Waals surface area contributed by atoms with Crippen LogP contribution in [-0.2, 0) is 20.0 Å². The summed E-state index contributed by atoms with van der Waals surface area (Å²) >= 11 is 0. The molecule has 1 aliphatic rings. The van der Waals surface area contributed by atoms with Crippen LogP contribution in [0.4, 0.5) is 5.95 Å². The molecule has 25 heavy (non-hydrogen) atoms. The molecule has 1 aromatic carbocycles. The number of aryl methyl sites for hydroxylation is 2.